The molecular formula is C24H42O2. The van der Waals surface area contributed by atoms with Gasteiger partial charge in [-0.2, -0.15) is 0 Å². The van der Waals surface area contributed by atoms with Crippen molar-refractivity contribution in [3.8, 4) is 5.75 Å². The third-order valence-corrected chi connectivity index (χ3v) is 5.32. The largest absolute Gasteiger partial charge is 0.507 e. The summed E-state index contributed by atoms with van der Waals surface area (Å²) in [5, 5.41) is 10.5. The first-order valence-corrected chi connectivity index (χ1v) is 11.0. The van der Waals surface area contributed by atoms with Crippen LogP contribution in [0.4, 0.5) is 0 Å². The number of phenols is 1. The van der Waals surface area contributed by atoms with E-state index in [0.29, 0.717) is 18.3 Å². The summed E-state index contributed by atoms with van der Waals surface area (Å²) >= 11 is 0. The van der Waals surface area contributed by atoms with Gasteiger partial charge in [0, 0.05) is 6.61 Å². The summed E-state index contributed by atoms with van der Waals surface area (Å²) in [4.78, 5) is 0. The molecule has 0 aromatic heterocycles. The molecule has 0 aliphatic rings. The number of aromatic hydroxyl groups is 1. The molecule has 0 spiro atoms. The third-order valence-electron chi connectivity index (χ3n) is 5.32. The van der Waals surface area contributed by atoms with E-state index >= 15 is 0 Å². The number of aryl methyl sites for hydroxylation is 1. The molecule has 1 aromatic carbocycles. The van der Waals surface area contributed by atoms with Gasteiger partial charge in [-0.3, -0.25) is 0 Å². The van der Waals surface area contributed by atoms with Crippen LogP contribution in [-0.2, 0) is 11.3 Å². The first-order chi connectivity index (χ1) is 12.6. The number of benzene rings is 1. The highest BCUT2D eigenvalue weighted by Gasteiger charge is 2.14. The van der Waals surface area contributed by atoms with Crippen LogP contribution >= 0.6 is 0 Å². The Hall–Kier alpha value is -1.02. The van der Waals surface area contributed by atoms with Crippen molar-refractivity contribution in [3.05, 3.63) is 28.8 Å². The van der Waals surface area contributed by atoms with Gasteiger partial charge in [-0.05, 0) is 48.4 Å². The van der Waals surface area contributed by atoms with Crippen molar-refractivity contribution in [2.45, 2.75) is 111 Å². The fourth-order valence-electron chi connectivity index (χ4n) is 3.52. The highest BCUT2D eigenvalue weighted by molar-refractivity contribution is 5.44. The molecule has 0 saturated heterocycles. The van der Waals surface area contributed by atoms with Gasteiger partial charge in [0.15, 0.2) is 0 Å². The van der Waals surface area contributed by atoms with Crippen molar-refractivity contribution >= 4 is 0 Å². The van der Waals surface area contributed by atoms with Crippen LogP contribution in [0.3, 0.4) is 0 Å². The van der Waals surface area contributed by atoms with Gasteiger partial charge in [-0.15, -0.1) is 0 Å². The van der Waals surface area contributed by atoms with Crippen LogP contribution in [0.1, 0.15) is 114 Å². The molecule has 2 heteroatoms. The molecule has 0 bridgehead atoms. The van der Waals surface area contributed by atoms with Gasteiger partial charge in [0.1, 0.15) is 5.75 Å². The molecule has 150 valence electrons. The molecule has 0 heterocycles. The predicted molar refractivity (Wildman–Crippen MR) is 113 cm³/mol. The summed E-state index contributed by atoms with van der Waals surface area (Å²) in [5.74, 6) is 0.888. The second kappa shape index (κ2) is 14.1. The smallest absolute Gasteiger partial charge is 0.121 e. The number of phenolic OH excluding ortho intramolecular Hbond substituents is 1. The van der Waals surface area contributed by atoms with E-state index in [1.807, 2.05) is 6.92 Å². The highest BCUT2D eigenvalue weighted by Crippen LogP contribution is 2.33. The predicted octanol–water partition coefficient (Wildman–Crippen LogP) is 7.65. The van der Waals surface area contributed by atoms with Crippen molar-refractivity contribution in [2.75, 3.05) is 6.61 Å². The maximum Gasteiger partial charge on any atom is 0.121 e. The first kappa shape index (κ1) is 23.0. The maximum absolute atomic E-state index is 10.5. The SMILES string of the molecule is CCCCCCCCCCC(C)c1cc(COCCCC)cc(C)c1O. The quantitative estimate of drug-likeness (QED) is 0.325. The Labute approximate surface area is 162 Å². The Morgan fingerprint density at radius 1 is 0.885 bits per heavy atom. The van der Waals surface area contributed by atoms with Gasteiger partial charge < -0.3 is 9.84 Å². The molecule has 26 heavy (non-hydrogen) atoms. The molecule has 0 aliphatic carbocycles. The van der Waals surface area contributed by atoms with E-state index in [2.05, 4.69) is 32.9 Å². The molecule has 1 N–H and O–H groups in total. The van der Waals surface area contributed by atoms with Crippen LogP contribution in [0.15, 0.2) is 12.1 Å². The summed E-state index contributed by atoms with van der Waals surface area (Å²) in [6.45, 7) is 10.2. The van der Waals surface area contributed by atoms with E-state index in [-0.39, 0.29) is 0 Å². The van der Waals surface area contributed by atoms with Crippen LogP contribution in [0.25, 0.3) is 0 Å². The summed E-state index contributed by atoms with van der Waals surface area (Å²) in [6, 6.07) is 4.22. The summed E-state index contributed by atoms with van der Waals surface area (Å²) in [5.41, 5.74) is 3.26. The lowest BCUT2D eigenvalue weighted by atomic mass is 9.91. The Bertz CT molecular complexity index is 481. The van der Waals surface area contributed by atoms with Gasteiger partial charge in [-0.25, -0.2) is 0 Å². The zero-order chi connectivity index (χ0) is 19.2. The molecule has 1 atom stereocenters. The average Bonchev–Trinajstić information content (AvgIpc) is 2.63. The van der Waals surface area contributed by atoms with E-state index in [4.69, 9.17) is 4.74 Å². The van der Waals surface area contributed by atoms with Crippen molar-refractivity contribution < 1.29 is 9.84 Å². The molecule has 1 rings (SSSR count). The second-order valence-electron chi connectivity index (χ2n) is 7.92. The molecule has 1 unspecified atom stereocenters. The van der Waals surface area contributed by atoms with E-state index < -0.39 is 0 Å². The van der Waals surface area contributed by atoms with Crippen LogP contribution in [0, 0.1) is 6.92 Å². The lowest BCUT2D eigenvalue weighted by Gasteiger charge is -2.17. The maximum atomic E-state index is 10.5. The standard InChI is InChI=1S/C24H42O2/c1-5-7-9-10-11-12-13-14-15-20(3)23-18-22(17-21(4)24(23)25)19-26-16-8-6-2/h17-18,20,25H,5-16,19H2,1-4H3. The van der Waals surface area contributed by atoms with E-state index in [9.17, 15) is 5.11 Å². The van der Waals surface area contributed by atoms with E-state index in [1.54, 1.807) is 0 Å². The second-order valence-corrected chi connectivity index (χ2v) is 7.92. The summed E-state index contributed by atoms with van der Waals surface area (Å²) in [7, 11) is 0. The Morgan fingerprint density at radius 3 is 2.15 bits per heavy atom. The average molecular weight is 363 g/mol. The third kappa shape index (κ3) is 9.07. The zero-order valence-corrected chi connectivity index (χ0v) is 17.8. The van der Waals surface area contributed by atoms with Crippen molar-refractivity contribution in [3.63, 3.8) is 0 Å². The number of hydrogen-bond acceptors (Lipinski definition) is 2. The topological polar surface area (TPSA) is 29.5 Å². The van der Waals surface area contributed by atoms with Crippen LogP contribution in [0.2, 0.25) is 0 Å². The van der Waals surface area contributed by atoms with Crippen LogP contribution in [0.5, 0.6) is 5.75 Å². The Kier molecular flexibility index (Phi) is 12.5. The monoisotopic (exact) mass is 362 g/mol. The fraction of sp³-hybridized carbons (Fsp3) is 0.750. The Morgan fingerprint density at radius 2 is 1.50 bits per heavy atom. The van der Waals surface area contributed by atoms with E-state index in [1.165, 1.54) is 56.9 Å². The first-order valence-electron chi connectivity index (χ1n) is 11.0. The summed E-state index contributed by atoms with van der Waals surface area (Å²) < 4.78 is 5.76. The minimum Gasteiger partial charge on any atom is -0.507 e. The molecule has 0 aliphatic heterocycles. The van der Waals surface area contributed by atoms with Gasteiger partial charge in [0.25, 0.3) is 0 Å². The van der Waals surface area contributed by atoms with Gasteiger partial charge in [0.2, 0.25) is 0 Å². The molecule has 0 radical (unpaired) electrons. The van der Waals surface area contributed by atoms with Crippen LogP contribution in [-0.4, -0.2) is 11.7 Å². The minimum absolute atomic E-state index is 0.407. The van der Waals surface area contributed by atoms with E-state index in [0.717, 1.165) is 37.0 Å². The molecule has 2 nitrogen and oxygen atoms in total. The lowest BCUT2D eigenvalue weighted by molar-refractivity contribution is 0.118. The molecule has 1 aromatic rings. The highest BCUT2D eigenvalue weighted by atomic mass is 16.5. The van der Waals surface area contributed by atoms with Gasteiger partial charge >= 0.3 is 0 Å². The zero-order valence-electron chi connectivity index (χ0n) is 17.8. The molecular weight excluding hydrogens is 320 g/mol. The minimum atomic E-state index is 0.407. The van der Waals surface area contributed by atoms with Crippen molar-refractivity contribution in [2.24, 2.45) is 0 Å². The van der Waals surface area contributed by atoms with Gasteiger partial charge in [0.05, 0.1) is 6.61 Å². The molecule has 0 saturated carbocycles. The molecule has 0 fully saturated rings. The van der Waals surface area contributed by atoms with Crippen molar-refractivity contribution in [1.82, 2.24) is 0 Å². The van der Waals surface area contributed by atoms with Gasteiger partial charge in [-0.1, -0.05) is 84.6 Å². The number of hydrogen-bond donors (Lipinski definition) is 1. The normalized spacial score (nSPS) is 12.5. The number of ether oxygens (including phenoxy) is 1. The Balaban J connectivity index is 2.41. The van der Waals surface area contributed by atoms with Crippen molar-refractivity contribution in [1.29, 1.82) is 0 Å². The van der Waals surface area contributed by atoms with Crippen LogP contribution < -0.4 is 0 Å². The number of rotatable bonds is 15. The lowest BCUT2D eigenvalue weighted by Crippen LogP contribution is -2.01. The fourth-order valence-corrected chi connectivity index (χ4v) is 3.52. The summed E-state index contributed by atoms with van der Waals surface area (Å²) in [6.07, 6.45) is 14.2. The number of unbranched alkanes of at least 4 members (excludes halogenated alkanes) is 8. The molecule has 0 amide bonds.